The third kappa shape index (κ3) is 2.88. The van der Waals surface area contributed by atoms with Crippen molar-refractivity contribution in [1.82, 2.24) is 0 Å². The smallest absolute Gasteiger partial charge is 0.410 e. The van der Waals surface area contributed by atoms with E-state index in [1.54, 1.807) is 13.1 Å². The maximum absolute atomic E-state index is 11.9. The fraction of sp³-hybridized carbons (Fsp3) is 0.133. The van der Waals surface area contributed by atoms with Crippen LogP contribution in [0.3, 0.4) is 0 Å². The maximum Gasteiger partial charge on any atom is 0.419 e. The van der Waals surface area contributed by atoms with Crippen LogP contribution >= 0.6 is 0 Å². The van der Waals surface area contributed by atoms with Crippen LogP contribution in [0.5, 0.6) is 5.75 Å². The number of carbonyl (C=O) groups is 1. The van der Waals surface area contributed by atoms with Crippen molar-refractivity contribution in [3.8, 4) is 5.75 Å². The van der Waals surface area contributed by atoms with E-state index in [2.05, 4.69) is 0 Å². The minimum atomic E-state index is -0.396. The average molecular weight is 241 g/mol. The number of amides is 1. The van der Waals surface area contributed by atoms with E-state index in [-0.39, 0.29) is 0 Å². The van der Waals surface area contributed by atoms with Gasteiger partial charge in [0.2, 0.25) is 0 Å². The third-order valence-corrected chi connectivity index (χ3v) is 2.61. The second-order valence-electron chi connectivity index (χ2n) is 4.08. The molecule has 2 rings (SSSR count). The summed E-state index contributed by atoms with van der Waals surface area (Å²) in [5.74, 6) is 0.558. The van der Waals surface area contributed by atoms with Crippen molar-refractivity contribution in [1.29, 1.82) is 0 Å². The number of ether oxygens (including phenoxy) is 1. The highest BCUT2D eigenvalue weighted by atomic mass is 16.6. The van der Waals surface area contributed by atoms with Crippen molar-refractivity contribution >= 4 is 11.8 Å². The second-order valence-corrected chi connectivity index (χ2v) is 4.08. The number of nitrogens with zero attached hydrogens (tertiary/aromatic N) is 1. The summed E-state index contributed by atoms with van der Waals surface area (Å²) < 4.78 is 5.30. The van der Waals surface area contributed by atoms with E-state index in [0.29, 0.717) is 5.75 Å². The lowest BCUT2D eigenvalue weighted by Crippen LogP contribution is -2.29. The summed E-state index contributed by atoms with van der Waals surface area (Å²) in [6.07, 6.45) is -0.396. The highest BCUT2D eigenvalue weighted by Gasteiger charge is 2.12. The molecule has 0 aliphatic heterocycles. The summed E-state index contributed by atoms with van der Waals surface area (Å²) in [5.41, 5.74) is 1.86. The fourth-order valence-electron chi connectivity index (χ4n) is 1.61. The molecule has 3 heteroatoms. The van der Waals surface area contributed by atoms with Gasteiger partial charge in [0.05, 0.1) is 0 Å². The van der Waals surface area contributed by atoms with Crippen LogP contribution in [0.25, 0.3) is 0 Å². The van der Waals surface area contributed by atoms with E-state index in [1.807, 2.05) is 55.5 Å². The molecule has 0 unspecified atom stereocenters. The zero-order valence-corrected chi connectivity index (χ0v) is 10.5. The van der Waals surface area contributed by atoms with Gasteiger partial charge >= 0.3 is 6.09 Å². The SMILES string of the molecule is Cc1cccc(OC(=O)N(C)c2ccccc2)c1. The summed E-state index contributed by atoms with van der Waals surface area (Å²) in [4.78, 5) is 13.4. The second kappa shape index (κ2) is 5.36. The molecule has 0 atom stereocenters. The van der Waals surface area contributed by atoms with E-state index in [1.165, 1.54) is 4.90 Å². The van der Waals surface area contributed by atoms with Crippen LogP contribution in [0, 0.1) is 6.92 Å². The molecule has 0 N–H and O–H groups in total. The van der Waals surface area contributed by atoms with Gasteiger partial charge in [0.1, 0.15) is 5.75 Å². The number of hydrogen-bond acceptors (Lipinski definition) is 2. The van der Waals surface area contributed by atoms with E-state index in [0.717, 1.165) is 11.3 Å². The minimum Gasteiger partial charge on any atom is -0.410 e. The Labute approximate surface area is 107 Å². The van der Waals surface area contributed by atoms with Crippen molar-refractivity contribution in [2.75, 3.05) is 11.9 Å². The molecule has 92 valence electrons. The quantitative estimate of drug-likeness (QED) is 0.803. The van der Waals surface area contributed by atoms with Gasteiger partial charge in [-0.2, -0.15) is 0 Å². The Hall–Kier alpha value is -2.29. The molecular formula is C15H15NO2. The molecule has 1 amide bonds. The van der Waals surface area contributed by atoms with Crippen LogP contribution in [0.2, 0.25) is 0 Å². The first kappa shape index (κ1) is 12.2. The molecule has 0 aliphatic carbocycles. The highest BCUT2D eigenvalue weighted by molar-refractivity contribution is 5.88. The molecule has 0 aromatic heterocycles. The summed E-state index contributed by atoms with van der Waals surface area (Å²) in [7, 11) is 1.69. The van der Waals surface area contributed by atoms with E-state index < -0.39 is 6.09 Å². The van der Waals surface area contributed by atoms with Gasteiger partial charge < -0.3 is 4.74 Å². The van der Waals surface area contributed by atoms with Crippen molar-refractivity contribution in [3.05, 3.63) is 60.2 Å². The van der Waals surface area contributed by atoms with Gasteiger partial charge in [0, 0.05) is 12.7 Å². The molecule has 0 spiro atoms. The first-order valence-electron chi connectivity index (χ1n) is 5.74. The Morgan fingerprint density at radius 3 is 2.44 bits per heavy atom. The Bertz CT molecular complexity index is 537. The standard InChI is InChI=1S/C15H15NO2/c1-12-7-6-10-14(11-12)18-15(17)16(2)13-8-4-3-5-9-13/h3-11H,1-2H3. The van der Waals surface area contributed by atoms with E-state index in [4.69, 9.17) is 4.74 Å². The summed E-state index contributed by atoms with van der Waals surface area (Å²) in [6, 6.07) is 16.8. The molecule has 0 radical (unpaired) electrons. The summed E-state index contributed by atoms with van der Waals surface area (Å²) in [5, 5.41) is 0. The van der Waals surface area contributed by atoms with Gasteiger partial charge in [0.15, 0.2) is 0 Å². The van der Waals surface area contributed by atoms with Gasteiger partial charge in [-0.3, -0.25) is 4.90 Å². The lowest BCUT2D eigenvalue weighted by molar-refractivity contribution is 0.209. The number of rotatable bonds is 2. The number of para-hydroxylation sites is 1. The number of hydrogen-bond donors (Lipinski definition) is 0. The third-order valence-electron chi connectivity index (χ3n) is 2.61. The normalized spacial score (nSPS) is 9.89. The molecule has 3 nitrogen and oxygen atoms in total. The molecule has 18 heavy (non-hydrogen) atoms. The zero-order valence-electron chi connectivity index (χ0n) is 10.5. The van der Waals surface area contributed by atoms with E-state index in [9.17, 15) is 4.79 Å². The molecule has 0 fully saturated rings. The Morgan fingerprint density at radius 2 is 1.78 bits per heavy atom. The Balaban J connectivity index is 2.09. The topological polar surface area (TPSA) is 29.5 Å². The Morgan fingerprint density at radius 1 is 1.06 bits per heavy atom. The number of benzene rings is 2. The number of aryl methyl sites for hydroxylation is 1. The molecule has 2 aromatic carbocycles. The van der Waals surface area contributed by atoms with Crippen LogP contribution in [0.1, 0.15) is 5.56 Å². The largest absolute Gasteiger partial charge is 0.419 e. The van der Waals surface area contributed by atoms with Crippen LogP contribution < -0.4 is 9.64 Å². The first-order valence-corrected chi connectivity index (χ1v) is 5.74. The summed E-state index contributed by atoms with van der Waals surface area (Å²) in [6.45, 7) is 1.96. The monoisotopic (exact) mass is 241 g/mol. The molecule has 0 heterocycles. The predicted octanol–water partition coefficient (Wildman–Crippen LogP) is 3.63. The van der Waals surface area contributed by atoms with Crippen molar-refractivity contribution in [2.45, 2.75) is 6.92 Å². The maximum atomic E-state index is 11.9. The minimum absolute atomic E-state index is 0.396. The number of anilines is 1. The highest BCUT2D eigenvalue weighted by Crippen LogP contribution is 2.16. The van der Waals surface area contributed by atoms with Crippen LogP contribution in [-0.2, 0) is 0 Å². The molecular weight excluding hydrogens is 226 g/mol. The van der Waals surface area contributed by atoms with Gasteiger partial charge in [-0.25, -0.2) is 4.79 Å². The average Bonchev–Trinajstić information content (AvgIpc) is 2.39. The van der Waals surface area contributed by atoms with Gasteiger partial charge in [0.25, 0.3) is 0 Å². The van der Waals surface area contributed by atoms with Gasteiger partial charge in [-0.15, -0.1) is 0 Å². The lowest BCUT2D eigenvalue weighted by atomic mass is 10.2. The van der Waals surface area contributed by atoms with Crippen molar-refractivity contribution in [2.24, 2.45) is 0 Å². The lowest BCUT2D eigenvalue weighted by Gasteiger charge is -2.16. The molecule has 0 saturated heterocycles. The molecule has 0 bridgehead atoms. The number of carbonyl (C=O) groups excluding carboxylic acids is 1. The van der Waals surface area contributed by atoms with E-state index >= 15 is 0 Å². The molecule has 0 saturated carbocycles. The Kier molecular flexibility index (Phi) is 3.63. The van der Waals surface area contributed by atoms with Crippen LogP contribution in [0.15, 0.2) is 54.6 Å². The van der Waals surface area contributed by atoms with Gasteiger partial charge in [-0.05, 0) is 36.8 Å². The first-order chi connectivity index (χ1) is 8.66. The van der Waals surface area contributed by atoms with Crippen LogP contribution in [0.4, 0.5) is 10.5 Å². The van der Waals surface area contributed by atoms with Gasteiger partial charge in [-0.1, -0.05) is 30.3 Å². The van der Waals surface area contributed by atoms with Crippen molar-refractivity contribution < 1.29 is 9.53 Å². The zero-order chi connectivity index (χ0) is 13.0. The molecule has 0 aliphatic rings. The molecule has 2 aromatic rings. The fourth-order valence-corrected chi connectivity index (χ4v) is 1.61. The van der Waals surface area contributed by atoms with Crippen molar-refractivity contribution in [3.63, 3.8) is 0 Å². The predicted molar refractivity (Wildman–Crippen MR) is 72.0 cm³/mol. The summed E-state index contributed by atoms with van der Waals surface area (Å²) >= 11 is 0. The van der Waals surface area contributed by atoms with Crippen LogP contribution in [-0.4, -0.2) is 13.1 Å².